The minimum atomic E-state index is 0.502. The van der Waals surface area contributed by atoms with Gasteiger partial charge in [0.25, 0.3) is 0 Å². The fraction of sp³-hybridized carbons (Fsp3) is 0.467. The molecule has 0 aromatic heterocycles. The van der Waals surface area contributed by atoms with Gasteiger partial charge in [-0.25, -0.2) is 0 Å². The minimum absolute atomic E-state index is 0.502. The molecular weight excluding hydrogens is 210 g/mol. The Labute approximate surface area is 104 Å². The molecule has 17 heavy (non-hydrogen) atoms. The predicted molar refractivity (Wildman–Crippen MR) is 71.5 cm³/mol. The number of fused-ring (bicyclic) bond motifs is 1. The van der Waals surface area contributed by atoms with Crippen LogP contribution in [0.25, 0.3) is 0 Å². The highest BCUT2D eigenvalue weighted by Crippen LogP contribution is 2.36. The van der Waals surface area contributed by atoms with E-state index in [2.05, 4.69) is 30.1 Å². The number of hydrogen-bond donors (Lipinski definition) is 1. The third kappa shape index (κ3) is 2.70. The highest BCUT2D eigenvalue weighted by molar-refractivity contribution is 5.45. The quantitative estimate of drug-likeness (QED) is 0.599. The number of hydrogen-bond acceptors (Lipinski definition) is 2. The number of nitrogens with one attached hydrogen (secondary N) is 1. The van der Waals surface area contributed by atoms with Gasteiger partial charge in [0.15, 0.2) is 0 Å². The number of ether oxygens (including phenoxy) is 1. The van der Waals surface area contributed by atoms with Crippen LogP contribution in [0.2, 0.25) is 0 Å². The highest BCUT2D eigenvalue weighted by Gasteiger charge is 2.23. The molecule has 0 bridgehead atoms. The van der Waals surface area contributed by atoms with Gasteiger partial charge in [-0.1, -0.05) is 18.2 Å². The molecule has 0 saturated carbocycles. The molecule has 1 aromatic rings. The molecule has 2 heteroatoms. The molecule has 0 spiro atoms. The van der Waals surface area contributed by atoms with Crippen LogP contribution in [0.5, 0.6) is 5.75 Å². The third-order valence-electron chi connectivity index (χ3n) is 3.39. The Balaban J connectivity index is 2.04. The monoisotopic (exact) mass is 231 g/mol. The molecule has 2 rings (SSSR count). The summed E-state index contributed by atoms with van der Waals surface area (Å²) < 4.78 is 5.87. The summed E-state index contributed by atoms with van der Waals surface area (Å²) in [4.78, 5) is 0. The van der Waals surface area contributed by atoms with E-state index in [4.69, 9.17) is 4.74 Å². The van der Waals surface area contributed by atoms with Crippen LogP contribution in [0.3, 0.4) is 0 Å². The molecule has 1 unspecified atom stereocenters. The Morgan fingerprint density at radius 1 is 1.53 bits per heavy atom. The molecule has 1 atom stereocenters. The Hall–Kier alpha value is -1.28. The van der Waals surface area contributed by atoms with Crippen molar-refractivity contribution in [3.05, 3.63) is 42.0 Å². The van der Waals surface area contributed by atoms with E-state index in [0.29, 0.717) is 6.04 Å². The van der Waals surface area contributed by atoms with E-state index in [1.807, 2.05) is 13.1 Å². The van der Waals surface area contributed by atoms with E-state index in [0.717, 1.165) is 31.6 Å². The number of allylic oxidation sites excluding steroid dienone is 1. The summed E-state index contributed by atoms with van der Waals surface area (Å²) in [6.45, 7) is 4.50. The van der Waals surface area contributed by atoms with Crippen LogP contribution >= 0.6 is 0 Å². The molecule has 2 nitrogen and oxygen atoms in total. The molecule has 92 valence electrons. The first-order valence-corrected chi connectivity index (χ1v) is 6.39. The van der Waals surface area contributed by atoms with Gasteiger partial charge in [-0.05, 0) is 49.9 Å². The molecule has 1 N–H and O–H groups in total. The number of unbranched alkanes of at least 4 members (excludes halogenated alkanes) is 1. The van der Waals surface area contributed by atoms with Crippen LogP contribution in [0, 0.1) is 0 Å². The molecule has 0 saturated heterocycles. The molecule has 0 heterocycles. The predicted octanol–water partition coefficient (Wildman–Crippen LogP) is 3.24. The lowest BCUT2D eigenvalue weighted by atomic mass is 10.1. The average molecular weight is 231 g/mol. The zero-order chi connectivity index (χ0) is 12.1. The van der Waals surface area contributed by atoms with Gasteiger partial charge in [0.05, 0.1) is 6.61 Å². The fourth-order valence-corrected chi connectivity index (χ4v) is 2.47. The Bertz CT molecular complexity index is 387. The summed E-state index contributed by atoms with van der Waals surface area (Å²) in [6.07, 6.45) is 6.31. The molecular formula is C15H21NO. The third-order valence-corrected chi connectivity index (χ3v) is 3.39. The lowest BCUT2D eigenvalue weighted by Crippen LogP contribution is -2.12. The summed E-state index contributed by atoms with van der Waals surface area (Å²) in [6, 6.07) is 6.89. The van der Waals surface area contributed by atoms with Crippen molar-refractivity contribution >= 4 is 0 Å². The molecule has 0 fully saturated rings. The molecule has 1 aliphatic carbocycles. The van der Waals surface area contributed by atoms with Gasteiger partial charge >= 0.3 is 0 Å². The van der Waals surface area contributed by atoms with E-state index in [9.17, 15) is 0 Å². The van der Waals surface area contributed by atoms with Crippen molar-refractivity contribution < 1.29 is 4.74 Å². The standard InChI is InChI=1S/C15H21NO/c1-3-4-5-11-17-15-8-6-7-12-13(15)9-10-14(12)16-2/h3,6-8,14,16H,1,4-5,9-11H2,2H3. The Morgan fingerprint density at radius 3 is 3.18 bits per heavy atom. The normalized spacial score (nSPS) is 17.8. The van der Waals surface area contributed by atoms with Crippen LogP contribution in [0.1, 0.15) is 36.4 Å². The van der Waals surface area contributed by atoms with Crippen molar-refractivity contribution in [1.29, 1.82) is 0 Å². The number of rotatable bonds is 6. The second-order valence-electron chi connectivity index (χ2n) is 4.48. The summed E-state index contributed by atoms with van der Waals surface area (Å²) in [7, 11) is 2.03. The lowest BCUT2D eigenvalue weighted by molar-refractivity contribution is 0.309. The van der Waals surface area contributed by atoms with Gasteiger partial charge in [0.1, 0.15) is 5.75 Å². The lowest BCUT2D eigenvalue weighted by Gasteiger charge is -2.12. The van der Waals surface area contributed by atoms with Gasteiger partial charge in [-0.3, -0.25) is 0 Å². The molecule has 1 aliphatic rings. The van der Waals surface area contributed by atoms with Crippen LogP contribution < -0.4 is 10.1 Å². The van der Waals surface area contributed by atoms with Crippen LogP contribution in [-0.4, -0.2) is 13.7 Å². The van der Waals surface area contributed by atoms with E-state index >= 15 is 0 Å². The Kier molecular flexibility index (Phi) is 4.21. The first-order chi connectivity index (χ1) is 8.36. The number of benzene rings is 1. The molecule has 0 aliphatic heterocycles. The van der Waals surface area contributed by atoms with Gasteiger partial charge in [0.2, 0.25) is 0 Å². The summed E-state index contributed by atoms with van der Waals surface area (Å²) in [5.74, 6) is 1.07. The van der Waals surface area contributed by atoms with Gasteiger partial charge in [-0.15, -0.1) is 6.58 Å². The zero-order valence-electron chi connectivity index (χ0n) is 10.5. The van der Waals surface area contributed by atoms with Crippen LogP contribution in [-0.2, 0) is 6.42 Å². The maximum atomic E-state index is 5.87. The van der Waals surface area contributed by atoms with Crippen molar-refractivity contribution in [2.75, 3.05) is 13.7 Å². The summed E-state index contributed by atoms with van der Waals surface area (Å²) in [5.41, 5.74) is 2.80. The van der Waals surface area contributed by atoms with Crippen molar-refractivity contribution in [1.82, 2.24) is 5.32 Å². The van der Waals surface area contributed by atoms with Gasteiger partial charge in [0, 0.05) is 6.04 Å². The summed E-state index contributed by atoms with van der Waals surface area (Å²) >= 11 is 0. The second-order valence-corrected chi connectivity index (χ2v) is 4.48. The maximum Gasteiger partial charge on any atom is 0.122 e. The Morgan fingerprint density at radius 2 is 2.41 bits per heavy atom. The van der Waals surface area contributed by atoms with Crippen LogP contribution in [0.4, 0.5) is 0 Å². The van der Waals surface area contributed by atoms with Crippen LogP contribution in [0.15, 0.2) is 30.9 Å². The van der Waals surface area contributed by atoms with E-state index < -0.39 is 0 Å². The topological polar surface area (TPSA) is 21.3 Å². The molecule has 1 aromatic carbocycles. The fourth-order valence-electron chi connectivity index (χ4n) is 2.47. The van der Waals surface area contributed by atoms with E-state index in [-0.39, 0.29) is 0 Å². The average Bonchev–Trinajstić information content (AvgIpc) is 2.78. The summed E-state index contributed by atoms with van der Waals surface area (Å²) in [5, 5.41) is 3.35. The first-order valence-electron chi connectivity index (χ1n) is 6.39. The largest absolute Gasteiger partial charge is 0.493 e. The van der Waals surface area contributed by atoms with Crippen molar-refractivity contribution in [3.8, 4) is 5.75 Å². The first kappa shape index (κ1) is 12.2. The minimum Gasteiger partial charge on any atom is -0.493 e. The van der Waals surface area contributed by atoms with E-state index in [1.54, 1.807) is 0 Å². The maximum absolute atomic E-state index is 5.87. The van der Waals surface area contributed by atoms with Gasteiger partial charge < -0.3 is 10.1 Å². The molecule has 0 radical (unpaired) electrons. The van der Waals surface area contributed by atoms with Crippen molar-refractivity contribution in [2.45, 2.75) is 31.7 Å². The van der Waals surface area contributed by atoms with Crippen molar-refractivity contribution in [2.24, 2.45) is 0 Å². The smallest absolute Gasteiger partial charge is 0.122 e. The SMILES string of the molecule is C=CCCCOc1cccc2c1CCC2NC. The van der Waals surface area contributed by atoms with Gasteiger partial charge in [-0.2, -0.15) is 0 Å². The van der Waals surface area contributed by atoms with Crippen molar-refractivity contribution in [3.63, 3.8) is 0 Å². The zero-order valence-corrected chi connectivity index (χ0v) is 10.5. The second kappa shape index (κ2) is 5.87. The highest BCUT2D eigenvalue weighted by atomic mass is 16.5. The van der Waals surface area contributed by atoms with E-state index in [1.165, 1.54) is 17.5 Å². The molecule has 0 amide bonds.